The van der Waals surface area contributed by atoms with Gasteiger partial charge in [-0.2, -0.15) is 0 Å². The molecule has 0 N–H and O–H groups in total. The van der Waals surface area contributed by atoms with Crippen molar-refractivity contribution in [1.82, 2.24) is 0 Å². The van der Waals surface area contributed by atoms with Crippen molar-refractivity contribution >= 4 is 45.1 Å². The molecular formula is C15H15NO4S2. The monoisotopic (exact) mass is 337 g/mol. The van der Waals surface area contributed by atoms with Crippen LogP contribution in [0.5, 0.6) is 5.75 Å². The quantitative estimate of drug-likeness (QED) is 0.608. The highest BCUT2D eigenvalue weighted by atomic mass is 32.2. The molecule has 0 bridgehead atoms. The molecule has 2 rings (SSSR count). The maximum absolute atomic E-state index is 11.9. The predicted molar refractivity (Wildman–Crippen MR) is 90.1 cm³/mol. The molecule has 22 heavy (non-hydrogen) atoms. The highest BCUT2D eigenvalue weighted by Gasteiger charge is 2.21. The number of esters is 1. The van der Waals surface area contributed by atoms with Gasteiger partial charge in [-0.15, -0.1) is 11.8 Å². The Morgan fingerprint density at radius 2 is 2.18 bits per heavy atom. The molecule has 0 amide bonds. The van der Waals surface area contributed by atoms with Gasteiger partial charge in [0.2, 0.25) is 5.12 Å². The second kappa shape index (κ2) is 8.05. The van der Waals surface area contributed by atoms with E-state index >= 15 is 0 Å². The Balaban J connectivity index is 2.17. The van der Waals surface area contributed by atoms with Crippen molar-refractivity contribution < 1.29 is 19.1 Å². The molecule has 116 valence electrons. The summed E-state index contributed by atoms with van der Waals surface area (Å²) in [7, 11) is 0. The molecule has 5 nitrogen and oxygen atoms in total. The van der Waals surface area contributed by atoms with Crippen LogP contribution in [0.2, 0.25) is 0 Å². The molecule has 0 atom stereocenters. The van der Waals surface area contributed by atoms with Gasteiger partial charge in [-0.05, 0) is 37.1 Å². The summed E-state index contributed by atoms with van der Waals surface area (Å²) < 4.78 is 11.0. The van der Waals surface area contributed by atoms with Crippen LogP contribution in [0.1, 0.15) is 12.5 Å². The summed E-state index contributed by atoms with van der Waals surface area (Å²) in [6.45, 7) is 1.88. The first kappa shape index (κ1) is 16.6. The van der Waals surface area contributed by atoms with Crippen LogP contribution in [-0.4, -0.2) is 34.9 Å². The van der Waals surface area contributed by atoms with Crippen molar-refractivity contribution in [3.05, 3.63) is 35.5 Å². The van der Waals surface area contributed by atoms with Gasteiger partial charge in [0.25, 0.3) is 0 Å². The Bertz CT molecular complexity index is 640. The number of ether oxygens (including phenoxy) is 2. The summed E-state index contributed by atoms with van der Waals surface area (Å²) >= 11 is 2.55. The predicted octanol–water partition coefficient (Wildman–Crippen LogP) is 2.96. The Morgan fingerprint density at radius 1 is 1.41 bits per heavy atom. The molecule has 1 heterocycles. The molecule has 0 saturated heterocycles. The van der Waals surface area contributed by atoms with Gasteiger partial charge in [-0.25, -0.2) is 9.79 Å². The largest absolute Gasteiger partial charge is 0.481 e. The number of hydrogen-bond donors (Lipinski definition) is 0. The second-order valence-corrected chi connectivity index (χ2v) is 6.15. The number of nitrogens with zero attached hydrogens (tertiary/aromatic N) is 1. The lowest BCUT2D eigenvalue weighted by Gasteiger charge is -2.08. The van der Waals surface area contributed by atoms with Crippen LogP contribution in [0.4, 0.5) is 0 Å². The van der Waals surface area contributed by atoms with E-state index in [1.807, 2.05) is 12.3 Å². The summed E-state index contributed by atoms with van der Waals surface area (Å²) in [4.78, 5) is 27.5. The second-order valence-electron chi connectivity index (χ2n) is 4.13. The standard InChI is InChI=1S/C15H15NO4S2/c1-3-19-13(17)9-20-12-7-5-4-6-10(12)8-11-14(18)22-15(16-11)21-2/h4-8H,3,9H2,1-2H3/b11-8-. The van der Waals surface area contributed by atoms with E-state index in [0.29, 0.717) is 23.6 Å². The molecule has 0 aromatic heterocycles. The van der Waals surface area contributed by atoms with Crippen LogP contribution in [0.25, 0.3) is 6.08 Å². The fraction of sp³-hybridized carbons (Fsp3) is 0.267. The maximum atomic E-state index is 11.9. The van der Waals surface area contributed by atoms with Gasteiger partial charge in [-0.3, -0.25) is 4.79 Å². The Morgan fingerprint density at radius 3 is 2.86 bits per heavy atom. The van der Waals surface area contributed by atoms with Gasteiger partial charge >= 0.3 is 5.97 Å². The van der Waals surface area contributed by atoms with E-state index in [1.54, 1.807) is 31.2 Å². The molecule has 0 saturated carbocycles. The number of carbonyl (C=O) groups is 2. The topological polar surface area (TPSA) is 65.0 Å². The first-order valence-electron chi connectivity index (χ1n) is 6.58. The van der Waals surface area contributed by atoms with Gasteiger partial charge in [0.05, 0.1) is 6.61 Å². The van der Waals surface area contributed by atoms with E-state index in [-0.39, 0.29) is 11.7 Å². The van der Waals surface area contributed by atoms with Gasteiger partial charge in [-0.1, -0.05) is 18.2 Å². The summed E-state index contributed by atoms with van der Waals surface area (Å²) in [6, 6.07) is 7.16. The van der Waals surface area contributed by atoms with Crippen molar-refractivity contribution in [3.8, 4) is 5.75 Å². The minimum absolute atomic E-state index is 0.0930. The molecule has 1 aliphatic heterocycles. The highest BCUT2D eigenvalue weighted by molar-refractivity contribution is 8.45. The molecule has 0 unspecified atom stereocenters. The molecule has 0 aliphatic carbocycles. The third kappa shape index (κ3) is 4.38. The molecule has 7 heteroatoms. The van der Waals surface area contributed by atoms with E-state index in [9.17, 15) is 9.59 Å². The Labute approximate surface area is 137 Å². The van der Waals surface area contributed by atoms with Crippen LogP contribution in [0, 0.1) is 0 Å². The van der Waals surface area contributed by atoms with Gasteiger partial charge in [0.15, 0.2) is 6.61 Å². The molecule has 0 fully saturated rings. The van der Waals surface area contributed by atoms with Crippen molar-refractivity contribution in [1.29, 1.82) is 0 Å². The average Bonchev–Trinajstić information content (AvgIpc) is 2.87. The fourth-order valence-electron chi connectivity index (χ4n) is 1.69. The van der Waals surface area contributed by atoms with Crippen LogP contribution < -0.4 is 4.74 Å². The third-order valence-corrected chi connectivity index (χ3v) is 4.49. The maximum Gasteiger partial charge on any atom is 0.344 e. The zero-order valence-corrected chi connectivity index (χ0v) is 13.8. The van der Waals surface area contributed by atoms with Gasteiger partial charge in [0.1, 0.15) is 15.8 Å². The lowest BCUT2D eigenvalue weighted by atomic mass is 10.1. The van der Waals surface area contributed by atoms with Crippen LogP contribution in [-0.2, 0) is 14.3 Å². The van der Waals surface area contributed by atoms with Crippen molar-refractivity contribution in [2.75, 3.05) is 19.5 Å². The Hall–Kier alpha value is -1.73. The van der Waals surface area contributed by atoms with Crippen LogP contribution in [0.3, 0.4) is 0 Å². The lowest BCUT2D eigenvalue weighted by molar-refractivity contribution is -0.145. The number of aliphatic imine (C=N–C) groups is 1. The number of rotatable bonds is 5. The minimum atomic E-state index is -0.430. The van der Waals surface area contributed by atoms with E-state index in [1.165, 1.54) is 11.8 Å². The van der Waals surface area contributed by atoms with Crippen LogP contribution in [0.15, 0.2) is 35.0 Å². The molecule has 1 aliphatic rings. The SMILES string of the molecule is CCOC(=O)COc1ccccc1/C=C1\N=C(SC)SC1=O. The summed E-state index contributed by atoms with van der Waals surface area (Å²) in [5.41, 5.74) is 1.07. The highest BCUT2D eigenvalue weighted by Crippen LogP contribution is 2.31. The summed E-state index contributed by atoms with van der Waals surface area (Å²) in [6.07, 6.45) is 3.54. The zero-order valence-electron chi connectivity index (χ0n) is 12.2. The number of hydrogen-bond acceptors (Lipinski definition) is 7. The van der Waals surface area contributed by atoms with E-state index in [2.05, 4.69) is 4.99 Å². The minimum Gasteiger partial charge on any atom is -0.481 e. The van der Waals surface area contributed by atoms with E-state index in [0.717, 1.165) is 16.1 Å². The molecule has 0 spiro atoms. The van der Waals surface area contributed by atoms with E-state index < -0.39 is 5.97 Å². The zero-order chi connectivity index (χ0) is 15.9. The molecule has 1 aromatic rings. The number of thioether (sulfide) groups is 2. The van der Waals surface area contributed by atoms with Crippen molar-refractivity contribution in [2.24, 2.45) is 4.99 Å². The number of para-hydroxylation sites is 1. The van der Waals surface area contributed by atoms with Crippen molar-refractivity contribution in [2.45, 2.75) is 6.92 Å². The van der Waals surface area contributed by atoms with Crippen molar-refractivity contribution in [3.63, 3.8) is 0 Å². The summed E-state index contributed by atoms with van der Waals surface area (Å²) in [5, 5.41) is -0.0930. The molecule has 0 radical (unpaired) electrons. The smallest absolute Gasteiger partial charge is 0.344 e. The average molecular weight is 337 g/mol. The first-order valence-corrected chi connectivity index (χ1v) is 8.62. The number of benzene rings is 1. The lowest BCUT2D eigenvalue weighted by Crippen LogP contribution is -2.14. The third-order valence-electron chi connectivity index (χ3n) is 2.64. The Kier molecular flexibility index (Phi) is 6.09. The van der Waals surface area contributed by atoms with E-state index in [4.69, 9.17) is 9.47 Å². The summed E-state index contributed by atoms with van der Waals surface area (Å²) in [5.74, 6) is 0.0776. The molecular weight excluding hydrogens is 322 g/mol. The van der Waals surface area contributed by atoms with Gasteiger partial charge in [0, 0.05) is 5.56 Å². The first-order chi connectivity index (χ1) is 10.6. The van der Waals surface area contributed by atoms with Gasteiger partial charge < -0.3 is 9.47 Å². The van der Waals surface area contributed by atoms with Crippen LogP contribution >= 0.6 is 23.5 Å². The number of carbonyl (C=O) groups excluding carboxylic acids is 2. The molecule has 1 aromatic carbocycles. The normalized spacial score (nSPS) is 15.8. The fourth-order valence-corrected chi connectivity index (χ4v) is 2.96.